The second kappa shape index (κ2) is 6.36. The Hall–Kier alpha value is -0.410. The lowest BCUT2D eigenvalue weighted by Gasteiger charge is -2.18. The first-order valence-corrected chi connectivity index (χ1v) is 6.54. The van der Waals surface area contributed by atoms with Gasteiger partial charge in [0.15, 0.2) is 0 Å². The van der Waals surface area contributed by atoms with Crippen LogP contribution in [0.4, 0.5) is 4.39 Å². The highest BCUT2D eigenvalue weighted by atomic mass is 79.9. The quantitative estimate of drug-likeness (QED) is 0.853. The second-order valence-corrected chi connectivity index (χ2v) is 5.26. The summed E-state index contributed by atoms with van der Waals surface area (Å²) in [7, 11) is 0. The maximum absolute atomic E-state index is 13.1. The molecule has 0 radical (unpaired) electrons. The molecule has 0 aliphatic heterocycles. The Morgan fingerprint density at radius 1 is 1.44 bits per heavy atom. The van der Waals surface area contributed by atoms with E-state index in [4.69, 9.17) is 5.73 Å². The number of halogens is 2. The van der Waals surface area contributed by atoms with Gasteiger partial charge in [-0.15, -0.1) is 0 Å². The highest BCUT2D eigenvalue weighted by Crippen LogP contribution is 2.28. The van der Waals surface area contributed by atoms with Gasteiger partial charge in [0.25, 0.3) is 0 Å². The van der Waals surface area contributed by atoms with E-state index in [0.717, 1.165) is 22.9 Å². The molecule has 0 bridgehead atoms. The minimum Gasteiger partial charge on any atom is -0.324 e. The van der Waals surface area contributed by atoms with Crippen LogP contribution in [0.3, 0.4) is 0 Å². The third kappa shape index (κ3) is 3.87. The molecule has 0 fully saturated rings. The monoisotopic (exact) mass is 287 g/mol. The average molecular weight is 288 g/mol. The summed E-state index contributed by atoms with van der Waals surface area (Å²) in [4.78, 5) is 0. The molecule has 0 saturated heterocycles. The Morgan fingerprint density at radius 2 is 2.12 bits per heavy atom. The first-order valence-electron chi connectivity index (χ1n) is 5.75. The SMILES string of the molecule is CCCC(C)CC(N)c1cc(F)ccc1Br. The van der Waals surface area contributed by atoms with Gasteiger partial charge in [0.05, 0.1) is 0 Å². The molecule has 2 unspecified atom stereocenters. The van der Waals surface area contributed by atoms with Crippen molar-refractivity contribution in [3.63, 3.8) is 0 Å². The fourth-order valence-electron chi connectivity index (χ4n) is 1.97. The summed E-state index contributed by atoms with van der Waals surface area (Å²) >= 11 is 3.41. The topological polar surface area (TPSA) is 26.0 Å². The van der Waals surface area contributed by atoms with Crippen LogP contribution in [0.5, 0.6) is 0 Å². The van der Waals surface area contributed by atoms with Crippen LogP contribution < -0.4 is 5.73 Å². The predicted octanol–water partition coefficient (Wildman–Crippen LogP) is 4.41. The van der Waals surface area contributed by atoms with Crippen molar-refractivity contribution in [2.24, 2.45) is 11.7 Å². The minimum atomic E-state index is -0.225. The first kappa shape index (κ1) is 13.7. The number of rotatable bonds is 5. The molecule has 1 aromatic carbocycles. The molecule has 0 spiro atoms. The van der Waals surface area contributed by atoms with E-state index in [1.165, 1.54) is 18.6 Å². The standard InChI is InChI=1S/C13H19BrFN/c1-3-4-9(2)7-13(16)11-8-10(15)5-6-12(11)14/h5-6,8-9,13H,3-4,7,16H2,1-2H3. The molecular weight excluding hydrogens is 269 g/mol. The maximum atomic E-state index is 13.1. The van der Waals surface area contributed by atoms with E-state index in [0.29, 0.717) is 5.92 Å². The van der Waals surface area contributed by atoms with Crippen molar-refractivity contribution < 1.29 is 4.39 Å². The lowest BCUT2D eigenvalue weighted by molar-refractivity contribution is 0.438. The summed E-state index contributed by atoms with van der Waals surface area (Å²) in [5.74, 6) is 0.354. The summed E-state index contributed by atoms with van der Waals surface area (Å²) in [6.07, 6.45) is 3.23. The Kier molecular flexibility index (Phi) is 5.42. The fourth-order valence-corrected chi connectivity index (χ4v) is 2.51. The summed E-state index contributed by atoms with van der Waals surface area (Å²) in [5, 5.41) is 0. The third-order valence-electron chi connectivity index (χ3n) is 2.80. The van der Waals surface area contributed by atoms with E-state index < -0.39 is 0 Å². The molecule has 0 aliphatic carbocycles. The summed E-state index contributed by atoms with van der Waals surface area (Å²) in [6, 6.07) is 4.59. The van der Waals surface area contributed by atoms with E-state index in [-0.39, 0.29) is 11.9 Å². The van der Waals surface area contributed by atoms with Crippen LogP contribution in [-0.2, 0) is 0 Å². The van der Waals surface area contributed by atoms with Gasteiger partial charge in [-0.25, -0.2) is 4.39 Å². The maximum Gasteiger partial charge on any atom is 0.123 e. The van der Waals surface area contributed by atoms with Gasteiger partial charge in [-0.2, -0.15) is 0 Å². The largest absolute Gasteiger partial charge is 0.324 e. The molecule has 0 heterocycles. The van der Waals surface area contributed by atoms with Crippen LogP contribution in [0.2, 0.25) is 0 Å². The molecule has 2 N–H and O–H groups in total. The van der Waals surface area contributed by atoms with Crippen molar-refractivity contribution in [2.45, 2.75) is 39.2 Å². The van der Waals surface area contributed by atoms with Gasteiger partial charge >= 0.3 is 0 Å². The van der Waals surface area contributed by atoms with Crippen LogP contribution >= 0.6 is 15.9 Å². The zero-order chi connectivity index (χ0) is 12.1. The Bertz CT molecular complexity index is 341. The first-order chi connectivity index (χ1) is 7.54. The van der Waals surface area contributed by atoms with Crippen LogP contribution in [0.15, 0.2) is 22.7 Å². The molecule has 0 amide bonds. The molecule has 16 heavy (non-hydrogen) atoms. The van der Waals surface area contributed by atoms with Crippen LogP contribution in [0.1, 0.15) is 44.7 Å². The van der Waals surface area contributed by atoms with E-state index in [9.17, 15) is 4.39 Å². The smallest absolute Gasteiger partial charge is 0.123 e. The van der Waals surface area contributed by atoms with E-state index in [1.54, 1.807) is 6.07 Å². The molecule has 1 nitrogen and oxygen atoms in total. The van der Waals surface area contributed by atoms with Gasteiger partial charge in [0.2, 0.25) is 0 Å². The number of nitrogens with two attached hydrogens (primary N) is 1. The molecular formula is C13H19BrFN. The van der Waals surface area contributed by atoms with Gasteiger partial charge in [-0.3, -0.25) is 0 Å². The van der Waals surface area contributed by atoms with E-state index >= 15 is 0 Å². The molecule has 1 rings (SSSR count). The molecule has 0 saturated carbocycles. The van der Waals surface area contributed by atoms with Crippen molar-refractivity contribution in [1.82, 2.24) is 0 Å². The van der Waals surface area contributed by atoms with Crippen molar-refractivity contribution in [3.8, 4) is 0 Å². The predicted molar refractivity (Wildman–Crippen MR) is 69.7 cm³/mol. The van der Waals surface area contributed by atoms with Gasteiger partial charge in [0, 0.05) is 10.5 Å². The molecule has 0 aromatic heterocycles. The van der Waals surface area contributed by atoms with Gasteiger partial charge < -0.3 is 5.73 Å². The van der Waals surface area contributed by atoms with E-state index in [2.05, 4.69) is 29.8 Å². The van der Waals surface area contributed by atoms with Crippen LogP contribution in [-0.4, -0.2) is 0 Å². The molecule has 0 aliphatic rings. The normalized spacial score (nSPS) is 14.8. The lowest BCUT2D eigenvalue weighted by Crippen LogP contribution is -2.15. The van der Waals surface area contributed by atoms with Crippen molar-refractivity contribution in [2.75, 3.05) is 0 Å². The zero-order valence-electron chi connectivity index (χ0n) is 9.84. The van der Waals surface area contributed by atoms with E-state index in [1.807, 2.05) is 0 Å². The molecule has 90 valence electrons. The third-order valence-corrected chi connectivity index (χ3v) is 3.52. The van der Waals surface area contributed by atoms with Gasteiger partial charge in [-0.05, 0) is 36.1 Å². The van der Waals surface area contributed by atoms with Crippen molar-refractivity contribution in [1.29, 1.82) is 0 Å². The average Bonchev–Trinajstić information content (AvgIpc) is 2.21. The highest BCUT2D eigenvalue weighted by molar-refractivity contribution is 9.10. The van der Waals surface area contributed by atoms with Crippen LogP contribution in [0.25, 0.3) is 0 Å². The molecule has 3 heteroatoms. The van der Waals surface area contributed by atoms with Crippen molar-refractivity contribution >= 4 is 15.9 Å². The summed E-state index contributed by atoms with van der Waals surface area (Å²) in [5.41, 5.74) is 6.96. The zero-order valence-corrected chi connectivity index (χ0v) is 11.4. The minimum absolute atomic E-state index is 0.0911. The Balaban J connectivity index is 2.72. The molecule has 2 atom stereocenters. The summed E-state index contributed by atoms with van der Waals surface area (Å²) in [6.45, 7) is 4.36. The fraction of sp³-hybridized carbons (Fsp3) is 0.538. The Labute approximate surface area is 105 Å². The number of hydrogen-bond donors (Lipinski definition) is 1. The number of benzene rings is 1. The van der Waals surface area contributed by atoms with Crippen LogP contribution in [0, 0.1) is 11.7 Å². The summed E-state index contributed by atoms with van der Waals surface area (Å²) < 4.78 is 14.0. The van der Waals surface area contributed by atoms with Gasteiger partial charge in [0.1, 0.15) is 5.82 Å². The van der Waals surface area contributed by atoms with Gasteiger partial charge in [-0.1, -0.05) is 42.6 Å². The van der Waals surface area contributed by atoms with Crippen molar-refractivity contribution in [3.05, 3.63) is 34.1 Å². The highest BCUT2D eigenvalue weighted by Gasteiger charge is 2.14. The lowest BCUT2D eigenvalue weighted by atomic mass is 9.93. The number of hydrogen-bond acceptors (Lipinski definition) is 1. The molecule has 1 aromatic rings. The second-order valence-electron chi connectivity index (χ2n) is 4.40. The Morgan fingerprint density at radius 3 is 2.75 bits per heavy atom.